The molecule has 22 heavy (non-hydrogen) atoms. The maximum absolute atomic E-state index is 12.1. The minimum atomic E-state index is -0.0975. The number of hydrogen-bond acceptors (Lipinski definition) is 3. The molecule has 2 aromatic carbocycles. The highest BCUT2D eigenvalue weighted by molar-refractivity contribution is 8.18. The summed E-state index contributed by atoms with van der Waals surface area (Å²) in [6, 6.07) is 15.9. The lowest BCUT2D eigenvalue weighted by atomic mass is 10.1. The van der Waals surface area contributed by atoms with E-state index in [0.29, 0.717) is 10.1 Å². The Morgan fingerprint density at radius 2 is 1.91 bits per heavy atom. The first-order valence-electron chi connectivity index (χ1n) is 7.04. The van der Waals surface area contributed by atoms with Crippen molar-refractivity contribution < 1.29 is 4.79 Å². The lowest BCUT2D eigenvalue weighted by molar-refractivity contribution is -0.115. The summed E-state index contributed by atoms with van der Waals surface area (Å²) in [5.41, 5.74) is 4.19. The number of rotatable bonds is 2. The molecule has 0 saturated carbocycles. The fourth-order valence-electron chi connectivity index (χ4n) is 2.19. The van der Waals surface area contributed by atoms with E-state index in [1.165, 1.54) is 11.8 Å². The number of nitrogens with zero attached hydrogens (tertiary/aromatic N) is 1. The van der Waals surface area contributed by atoms with Gasteiger partial charge in [-0.05, 0) is 60.5 Å². The van der Waals surface area contributed by atoms with Crippen LogP contribution < -0.4 is 5.32 Å². The molecule has 0 aliphatic carbocycles. The van der Waals surface area contributed by atoms with Crippen LogP contribution in [-0.4, -0.2) is 11.1 Å². The first-order valence-corrected chi connectivity index (χ1v) is 7.85. The highest BCUT2D eigenvalue weighted by Crippen LogP contribution is 2.28. The molecule has 3 nitrogen and oxygen atoms in total. The lowest BCUT2D eigenvalue weighted by Gasteiger charge is -1.99. The molecule has 0 spiro atoms. The number of carbonyl (C=O) groups excluding carboxylic acids is 1. The molecule has 0 bridgehead atoms. The maximum atomic E-state index is 12.1. The molecule has 1 aliphatic rings. The van der Waals surface area contributed by atoms with E-state index in [9.17, 15) is 4.79 Å². The molecule has 4 heteroatoms. The molecule has 3 rings (SSSR count). The summed E-state index contributed by atoms with van der Waals surface area (Å²) < 4.78 is 0. The van der Waals surface area contributed by atoms with Crippen molar-refractivity contribution in [3.8, 4) is 0 Å². The second kappa shape index (κ2) is 6.20. The number of hydrogen-bond donors (Lipinski definition) is 1. The Bertz CT molecular complexity index is 793. The van der Waals surface area contributed by atoms with E-state index in [1.54, 1.807) is 0 Å². The maximum Gasteiger partial charge on any atom is 0.264 e. The van der Waals surface area contributed by atoms with E-state index >= 15 is 0 Å². The van der Waals surface area contributed by atoms with Gasteiger partial charge < -0.3 is 5.32 Å². The van der Waals surface area contributed by atoms with Crippen LogP contribution in [0.3, 0.4) is 0 Å². The smallest absolute Gasteiger partial charge is 0.264 e. The molecule has 1 heterocycles. The number of amidine groups is 1. The average Bonchev–Trinajstić information content (AvgIpc) is 2.81. The third-order valence-electron chi connectivity index (χ3n) is 3.36. The van der Waals surface area contributed by atoms with Crippen LogP contribution in [0.5, 0.6) is 0 Å². The van der Waals surface area contributed by atoms with Crippen molar-refractivity contribution in [1.29, 1.82) is 0 Å². The van der Waals surface area contributed by atoms with Crippen LogP contribution in [0, 0.1) is 13.8 Å². The van der Waals surface area contributed by atoms with Gasteiger partial charge in [-0.25, -0.2) is 4.99 Å². The monoisotopic (exact) mass is 308 g/mol. The zero-order valence-corrected chi connectivity index (χ0v) is 13.3. The van der Waals surface area contributed by atoms with Crippen LogP contribution in [0.2, 0.25) is 0 Å². The minimum absolute atomic E-state index is 0.0975. The molecule has 110 valence electrons. The quantitative estimate of drug-likeness (QED) is 0.845. The topological polar surface area (TPSA) is 41.5 Å². The molecule has 1 amide bonds. The van der Waals surface area contributed by atoms with Crippen LogP contribution in [-0.2, 0) is 4.79 Å². The molecular formula is C18H16N2OS. The lowest BCUT2D eigenvalue weighted by Crippen LogP contribution is -2.19. The van der Waals surface area contributed by atoms with E-state index in [0.717, 1.165) is 22.4 Å². The van der Waals surface area contributed by atoms with Crippen molar-refractivity contribution in [2.75, 3.05) is 0 Å². The van der Waals surface area contributed by atoms with Gasteiger partial charge in [0.05, 0.1) is 10.6 Å². The van der Waals surface area contributed by atoms with Crippen LogP contribution in [0.4, 0.5) is 5.69 Å². The van der Waals surface area contributed by atoms with E-state index in [-0.39, 0.29) is 5.91 Å². The average molecular weight is 308 g/mol. The third kappa shape index (κ3) is 3.28. The largest absolute Gasteiger partial charge is 0.300 e. The Morgan fingerprint density at radius 3 is 2.68 bits per heavy atom. The number of benzene rings is 2. The molecule has 1 aliphatic heterocycles. The zero-order valence-electron chi connectivity index (χ0n) is 12.5. The van der Waals surface area contributed by atoms with Crippen LogP contribution in [0.25, 0.3) is 6.08 Å². The van der Waals surface area contributed by atoms with Gasteiger partial charge in [-0.1, -0.05) is 36.4 Å². The molecule has 1 fully saturated rings. The summed E-state index contributed by atoms with van der Waals surface area (Å²) in [5, 5.41) is 3.44. The van der Waals surface area contributed by atoms with Gasteiger partial charge in [0, 0.05) is 0 Å². The van der Waals surface area contributed by atoms with Crippen LogP contribution in [0.1, 0.15) is 16.7 Å². The van der Waals surface area contributed by atoms with E-state index < -0.39 is 0 Å². The molecule has 1 saturated heterocycles. The summed E-state index contributed by atoms with van der Waals surface area (Å²) in [5.74, 6) is -0.0975. The van der Waals surface area contributed by atoms with Crippen molar-refractivity contribution >= 4 is 34.6 Å². The number of carbonyl (C=O) groups is 1. The van der Waals surface area contributed by atoms with Gasteiger partial charge in [0.1, 0.15) is 0 Å². The van der Waals surface area contributed by atoms with Crippen LogP contribution >= 0.6 is 11.8 Å². The van der Waals surface area contributed by atoms with Gasteiger partial charge in [0.2, 0.25) is 0 Å². The Hall–Kier alpha value is -2.33. The van der Waals surface area contributed by atoms with Gasteiger partial charge in [0.15, 0.2) is 5.17 Å². The second-order valence-electron chi connectivity index (χ2n) is 5.18. The fraction of sp³-hybridized carbons (Fsp3) is 0.111. The molecule has 0 unspecified atom stereocenters. The van der Waals surface area contributed by atoms with Crippen molar-refractivity contribution in [2.45, 2.75) is 13.8 Å². The molecular weight excluding hydrogens is 292 g/mol. The van der Waals surface area contributed by atoms with E-state index in [2.05, 4.69) is 10.3 Å². The van der Waals surface area contributed by atoms with Crippen LogP contribution in [0.15, 0.2) is 58.4 Å². The number of aryl methyl sites for hydroxylation is 2. The van der Waals surface area contributed by atoms with E-state index in [4.69, 9.17) is 0 Å². The Kier molecular flexibility index (Phi) is 4.11. The number of thioether (sulfide) groups is 1. The van der Waals surface area contributed by atoms with E-state index in [1.807, 2.05) is 68.5 Å². The first kappa shape index (κ1) is 14.6. The van der Waals surface area contributed by atoms with Crippen molar-refractivity contribution in [1.82, 2.24) is 5.32 Å². The summed E-state index contributed by atoms with van der Waals surface area (Å²) >= 11 is 1.37. The molecule has 0 radical (unpaired) electrons. The number of amides is 1. The summed E-state index contributed by atoms with van der Waals surface area (Å²) in [6.07, 6.45) is 1.91. The highest BCUT2D eigenvalue weighted by atomic mass is 32.2. The summed E-state index contributed by atoms with van der Waals surface area (Å²) in [4.78, 5) is 17.2. The Labute approximate surface area is 134 Å². The molecule has 0 atom stereocenters. The van der Waals surface area contributed by atoms with Crippen molar-refractivity contribution in [3.63, 3.8) is 0 Å². The molecule has 0 aromatic heterocycles. The van der Waals surface area contributed by atoms with Gasteiger partial charge in [-0.3, -0.25) is 4.79 Å². The molecule has 1 N–H and O–H groups in total. The first-order chi connectivity index (χ1) is 10.6. The normalized spacial score (nSPS) is 18.0. The standard InChI is InChI=1S/C18H16N2OS/c1-12-6-5-9-15(10-12)19-18-20-17(21)16(22-18)11-14-8-4-3-7-13(14)2/h3-11H,1-2H3,(H,19,20,21)/b16-11-. The zero-order chi connectivity index (χ0) is 15.5. The minimum Gasteiger partial charge on any atom is -0.300 e. The number of nitrogens with one attached hydrogen (secondary N) is 1. The van der Waals surface area contributed by atoms with Crippen molar-refractivity contribution in [3.05, 3.63) is 70.1 Å². The van der Waals surface area contributed by atoms with Gasteiger partial charge in [0.25, 0.3) is 5.91 Å². The number of aliphatic imine (C=N–C) groups is 1. The summed E-state index contributed by atoms with van der Waals surface area (Å²) in [6.45, 7) is 4.05. The predicted molar refractivity (Wildman–Crippen MR) is 93.2 cm³/mol. The fourth-order valence-corrected chi connectivity index (χ4v) is 3.02. The summed E-state index contributed by atoms with van der Waals surface area (Å²) in [7, 11) is 0. The van der Waals surface area contributed by atoms with Gasteiger partial charge >= 0.3 is 0 Å². The second-order valence-corrected chi connectivity index (χ2v) is 6.21. The molecule has 2 aromatic rings. The van der Waals surface area contributed by atoms with Gasteiger partial charge in [-0.15, -0.1) is 0 Å². The van der Waals surface area contributed by atoms with Gasteiger partial charge in [-0.2, -0.15) is 0 Å². The Morgan fingerprint density at radius 1 is 1.09 bits per heavy atom. The highest BCUT2D eigenvalue weighted by Gasteiger charge is 2.23. The predicted octanol–water partition coefficient (Wildman–Crippen LogP) is 4.20. The Balaban J connectivity index is 1.86. The third-order valence-corrected chi connectivity index (χ3v) is 4.27. The van der Waals surface area contributed by atoms with Crippen molar-refractivity contribution in [2.24, 2.45) is 4.99 Å². The SMILES string of the molecule is Cc1cccc(N=C2NC(=O)/C(=C/c3ccccc3C)S2)c1.